The standard InChI is InChI=1S/C23H23N3O4S/c1-3-30-18-10-6-16(7-11-18)25-22(28)14-31-23-20(13-24)19(12-21(27)26-23)15-4-8-17(29-2)9-5-15/h4-11,19H,3,12,14H2,1-2H3,(H,25,28)(H,26,27)/t19-/m1/s1. The minimum absolute atomic E-state index is 0.0589. The number of carbonyl (C=O) groups excluding carboxylic acids is 2. The molecule has 0 bridgehead atoms. The van der Waals surface area contributed by atoms with Gasteiger partial charge in [0.1, 0.15) is 11.5 Å². The number of nitriles is 1. The van der Waals surface area contributed by atoms with Crippen LogP contribution in [0.5, 0.6) is 11.5 Å². The Morgan fingerprint density at radius 1 is 1.19 bits per heavy atom. The second-order valence-electron chi connectivity index (χ2n) is 6.73. The number of carbonyl (C=O) groups is 2. The monoisotopic (exact) mass is 437 g/mol. The molecule has 2 aromatic rings. The molecule has 3 rings (SSSR count). The maximum atomic E-state index is 12.4. The maximum absolute atomic E-state index is 12.4. The molecule has 1 atom stereocenters. The van der Waals surface area contributed by atoms with Crippen LogP contribution in [0.1, 0.15) is 24.8 Å². The number of rotatable bonds is 8. The van der Waals surface area contributed by atoms with E-state index in [2.05, 4.69) is 16.7 Å². The van der Waals surface area contributed by atoms with Crippen LogP contribution in [0.2, 0.25) is 0 Å². The van der Waals surface area contributed by atoms with Gasteiger partial charge < -0.3 is 20.1 Å². The van der Waals surface area contributed by atoms with E-state index in [1.165, 1.54) is 0 Å². The fraction of sp³-hybridized carbons (Fsp3) is 0.261. The highest BCUT2D eigenvalue weighted by molar-refractivity contribution is 8.03. The van der Waals surface area contributed by atoms with Gasteiger partial charge in [-0.05, 0) is 48.9 Å². The van der Waals surface area contributed by atoms with Gasteiger partial charge in [0.05, 0.1) is 36.1 Å². The Morgan fingerprint density at radius 3 is 2.48 bits per heavy atom. The quantitative estimate of drug-likeness (QED) is 0.651. The topological polar surface area (TPSA) is 100 Å². The fourth-order valence-corrected chi connectivity index (χ4v) is 4.07. The number of nitrogens with one attached hydrogen (secondary N) is 2. The molecule has 7 nitrogen and oxygen atoms in total. The summed E-state index contributed by atoms with van der Waals surface area (Å²) in [6.07, 6.45) is 0.178. The second kappa shape index (κ2) is 10.5. The molecule has 2 aromatic carbocycles. The van der Waals surface area contributed by atoms with Crippen molar-refractivity contribution in [2.24, 2.45) is 0 Å². The third-order valence-corrected chi connectivity index (χ3v) is 5.69. The molecule has 0 aromatic heterocycles. The van der Waals surface area contributed by atoms with E-state index in [1.54, 1.807) is 43.5 Å². The van der Waals surface area contributed by atoms with Crippen molar-refractivity contribution < 1.29 is 19.1 Å². The van der Waals surface area contributed by atoms with Gasteiger partial charge in [-0.15, -0.1) is 0 Å². The normalized spacial score (nSPS) is 15.6. The zero-order valence-corrected chi connectivity index (χ0v) is 18.1. The van der Waals surface area contributed by atoms with Crippen LogP contribution in [0.4, 0.5) is 5.69 Å². The van der Waals surface area contributed by atoms with Crippen molar-refractivity contribution in [3.63, 3.8) is 0 Å². The number of ether oxygens (including phenoxy) is 2. The second-order valence-corrected chi connectivity index (χ2v) is 7.71. The van der Waals surface area contributed by atoms with Crippen molar-refractivity contribution in [2.75, 3.05) is 24.8 Å². The van der Waals surface area contributed by atoms with Crippen LogP contribution in [-0.4, -0.2) is 31.3 Å². The highest BCUT2D eigenvalue weighted by Crippen LogP contribution is 2.36. The van der Waals surface area contributed by atoms with Crippen molar-refractivity contribution in [1.29, 1.82) is 5.26 Å². The van der Waals surface area contributed by atoms with Gasteiger partial charge in [-0.25, -0.2) is 0 Å². The van der Waals surface area contributed by atoms with E-state index in [0.717, 1.165) is 23.1 Å². The first kappa shape index (κ1) is 22.2. The number of nitrogens with zero attached hydrogens (tertiary/aromatic N) is 1. The van der Waals surface area contributed by atoms with Gasteiger partial charge in [-0.1, -0.05) is 23.9 Å². The Labute approximate surface area is 185 Å². The zero-order valence-electron chi connectivity index (χ0n) is 17.3. The smallest absolute Gasteiger partial charge is 0.234 e. The van der Waals surface area contributed by atoms with E-state index in [1.807, 2.05) is 19.1 Å². The summed E-state index contributed by atoms with van der Waals surface area (Å²) >= 11 is 1.14. The summed E-state index contributed by atoms with van der Waals surface area (Å²) in [4.78, 5) is 24.6. The molecule has 160 valence electrons. The molecule has 8 heteroatoms. The molecule has 1 aliphatic heterocycles. The van der Waals surface area contributed by atoms with Gasteiger partial charge in [0.15, 0.2) is 0 Å². The molecule has 0 fully saturated rings. The Kier molecular flexibility index (Phi) is 7.57. The molecule has 0 unspecified atom stereocenters. The molecular weight excluding hydrogens is 414 g/mol. The Morgan fingerprint density at radius 2 is 1.87 bits per heavy atom. The van der Waals surface area contributed by atoms with E-state index >= 15 is 0 Å². The lowest BCUT2D eigenvalue weighted by molar-refractivity contribution is -0.121. The summed E-state index contributed by atoms with van der Waals surface area (Å²) < 4.78 is 10.6. The van der Waals surface area contributed by atoms with Gasteiger partial charge in [0, 0.05) is 18.0 Å². The summed E-state index contributed by atoms with van der Waals surface area (Å²) in [6.45, 7) is 2.47. The minimum atomic E-state index is -0.360. The van der Waals surface area contributed by atoms with Crippen molar-refractivity contribution in [1.82, 2.24) is 5.32 Å². The Hall–Kier alpha value is -3.44. The van der Waals surface area contributed by atoms with Crippen molar-refractivity contribution in [3.05, 3.63) is 64.7 Å². The first-order valence-electron chi connectivity index (χ1n) is 9.77. The number of benzene rings is 2. The Bertz CT molecular complexity index is 1010. The minimum Gasteiger partial charge on any atom is -0.497 e. The van der Waals surface area contributed by atoms with Crippen LogP contribution in [0.15, 0.2) is 59.1 Å². The highest BCUT2D eigenvalue weighted by Gasteiger charge is 2.29. The zero-order chi connectivity index (χ0) is 22.2. The third kappa shape index (κ3) is 5.80. The molecular formula is C23H23N3O4S. The number of hydrogen-bond acceptors (Lipinski definition) is 6. The lowest BCUT2D eigenvalue weighted by atomic mass is 9.87. The SMILES string of the molecule is CCOc1ccc(NC(=O)CSC2=C(C#N)[C@@H](c3ccc(OC)cc3)CC(=O)N2)cc1. The van der Waals surface area contributed by atoms with E-state index < -0.39 is 0 Å². The number of amides is 2. The molecule has 1 heterocycles. The average molecular weight is 438 g/mol. The van der Waals surface area contributed by atoms with Crippen LogP contribution < -0.4 is 20.1 Å². The molecule has 0 saturated carbocycles. The van der Waals surface area contributed by atoms with Crippen LogP contribution in [0.3, 0.4) is 0 Å². The predicted octanol–water partition coefficient (Wildman–Crippen LogP) is 3.80. The van der Waals surface area contributed by atoms with Gasteiger partial charge in [-0.3, -0.25) is 9.59 Å². The number of allylic oxidation sites excluding steroid dienone is 1. The summed E-state index contributed by atoms with van der Waals surface area (Å²) in [5.41, 5.74) is 1.94. The lowest BCUT2D eigenvalue weighted by Gasteiger charge is -2.25. The van der Waals surface area contributed by atoms with E-state index in [0.29, 0.717) is 28.6 Å². The summed E-state index contributed by atoms with van der Waals surface area (Å²) in [5, 5.41) is 15.7. The van der Waals surface area contributed by atoms with Gasteiger partial charge in [-0.2, -0.15) is 5.26 Å². The predicted molar refractivity (Wildman–Crippen MR) is 120 cm³/mol. The van der Waals surface area contributed by atoms with Gasteiger partial charge in [0.25, 0.3) is 0 Å². The number of hydrogen-bond donors (Lipinski definition) is 2. The first-order valence-corrected chi connectivity index (χ1v) is 10.8. The van der Waals surface area contributed by atoms with Crippen LogP contribution >= 0.6 is 11.8 Å². The largest absolute Gasteiger partial charge is 0.497 e. The number of methoxy groups -OCH3 is 1. The lowest BCUT2D eigenvalue weighted by Crippen LogP contribution is -2.31. The molecule has 0 saturated heterocycles. The molecule has 0 aliphatic carbocycles. The summed E-state index contributed by atoms with van der Waals surface area (Å²) in [6, 6.07) is 16.6. The third-order valence-electron chi connectivity index (χ3n) is 4.67. The van der Waals surface area contributed by atoms with Crippen molar-refractivity contribution >= 4 is 29.3 Å². The fourth-order valence-electron chi connectivity index (χ4n) is 3.19. The molecule has 0 radical (unpaired) electrons. The van der Waals surface area contributed by atoms with Crippen molar-refractivity contribution in [3.8, 4) is 17.6 Å². The number of anilines is 1. The molecule has 2 amide bonds. The molecule has 1 aliphatic rings. The van der Waals surface area contributed by atoms with Crippen molar-refractivity contribution in [2.45, 2.75) is 19.3 Å². The first-order chi connectivity index (χ1) is 15.0. The van der Waals surface area contributed by atoms with Crippen LogP contribution in [0.25, 0.3) is 0 Å². The summed E-state index contributed by atoms with van der Waals surface area (Å²) in [7, 11) is 1.58. The summed E-state index contributed by atoms with van der Waals surface area (Å²) in [5.74, 6) is 0.708. The van der Waals surface area contributed by atoms with Crippen LogP contribution in [0, 0.1) is 11.3 Å². The Balaban J connectivity index is 1.69. The van der Waals surface area contributed by atoms with E-state index in [4.69, 9.17) is 9.47 Å². The molecule has 2 N–H and O–H groups in total. The van der Waals surface area contributed by atoms with Crippen LogP contribution in [-0.2, 0) is 9.59 Å². The van der Waals surface area contributed by atoms with E-state index in [-0.39, 0.29) is 29.9 Å². The maximum Gasteiger partial charge on any atom is 0.234 e. The molecule has 31 heavy (non-hydrogen) atoms. The molecule has 0 spiro atoms. The number of thioether (sulfide) groups is 1. The van der Waals surface area contributed by atoms with E-state index in [9.17, 15) is 14.9 Å². The van der Waals surface area contributed by atoms with Gasteiger partial charge in [0.2, 0.25) is 11.8 Å². The van der Waals surface area contributed by atoms with Gasteiger partial charge >= 0.3 is 0 Å². The highest BCUT2D eigenvalue weighted by atomic mass is 32.2. The average Bonchev–Trinajstić information content (AvgIpc) is 2.79.